The molecule has 0 amide bonds. The van der Waals surface area contributed by atoms with E-state index in [-0.39, 0.29) is 11.1 Å². The number of pyridine rings is 1. The molecule has 0 N–H and O–H groups in total. The topological polar surface area (TPSA) is 62.2 Å². The number of fused-ring (bicyclic) bond motifs is 2. The molecule has 2 aromatic carbocycles. The number of aryl methyl sites for hydroxylation is 1. The molecule has 0 bridgehead atoms. The molecule has 5 nitrogen and oxygen atoms in total. The standard InChI is InChI=1S/C24H21N3O2/c1-26-21-7-3-2-5-19(21)23(20(15-25)24(26)28)27-12-9-16(10-13-27)17-6-4-8-22-18(17)11-14-29-22/h2-8,11,14,16H,9-10,12-13H2,1H3. The number of rotatable bonds is 2. The predicted molar refractivity (Wildman–Crippen MR) is 114 cm³/mol. The second kappa shape index (κ2) is 6.82. The van der Waals surface area contributed by atoms with Crippen LogP contribution >= 0.6 is 0 Å². The third-order valence-corrected chi connectivity index (χ3v) is 6.17. The van der Waals surface area contributed by atoms with Crippen molar-refractivity contribution in [1.29, 1.82) is 5.26 Å². The van der Waals surface area contributed by atoms with Gasteiger partial charge in [-0.05, 0) is 42.5 Å². The monoisotopic (exact) mass is 383 g/mol. The summed E-state index contributed by atoms with van der Waals surface area (Å²) in [4.78, 5) is 15.0. The van der Waals surface area contributed by atoms with Gasteiger partial charge in [-0.1, -0.05) is 30.3 Å². The molecular formula is C24H21N3O2. The molecule has 1 fully saturated rings. The van der Waals surface area contributed by atoms with Crippen LogP contribution in [0.25, 0.3) is 21.9 Å². The number of nitriles is 1. The fraction of sp³-hybridized carbons (Fsp3) is 0.250. The van der Waals surface area contributed by atoms with Crippen LogP contribution in [0.5, 0.6) is 0 Å². The van der Waals surface area contributed by atoms with Crippen LogP contribution in [0, 0.1) is 11.3 Å². The molecule has 1 saturated heterocycles. The number of nitrogens with zero attached hydrogens (tertiary/aromatic N) is 3. The zero-order valence-corrected chi connectivity index (χ0v) is 16.3. The molecular weight excluding hydrogens is 362 g/mol. The Morgan fingerprint density at radius 3 is 2.62 bits per heavy atom. The first-order valence-corrected chi connectivity index (χ1v) is 9.92. The molecule has 144 valence electrons. The molecule has 1 aliphatic rings. The lowest BCUT2D eigenvalue weighted by molar-refractivity contribution is 0.508. The Morgan fingerprint density at radius 2 is 1.83 bits per heavy atom. The summed E-state index contributed by atoms with van der Waals surface area (Å²) in [5, 5.41) is 11.9. The SMILES string of the molecule is Cn1c(=O)c(C#N)c(N2CCC(c3cccc4occc34)CC2)c2ccccc21. The molecule has 3 heterocycles. The van der Waals surface area contributed by atoms with E-state index in [0.29, 0.717) is 5.92 Å². The summed E-state index contributed by atoms with van der Waals surface area (Å²) in [7, 11) is 1.73. The van der Waals surface area contributed by atoms with Gasteiger partial charge in [-0.15, -0.1) is 0 Å². The summed E-state index contributed by atoms with van der Waals surface area (Å²) < 4.78 is 7.13. The Morgan fingerprint density at radius 1 is 1.03 bits per heavy atom. The molecule has 5 heteroatoms. The average molecular weight is 383 g/mol. The zero-order chi connectivity index (χ0) is 20.0. The van der Waals surface area contributed by atoms with Crippen LogP contribution in [0.4, 0.5) is 5.69 Å². The fourth-order valence-corrected chi connectivity index (χ4v) is 4.70. The first kappa shape index (κ1) is 17.6. The smallest absolute Gasteiger partial charge is 0.270 e. The maximum Gasteiger partial charge on any atom is 0.270 e. The summed E-state index contributed by atoms with van der Waals surface area (Å²) in [5.74, 6) is 0.441. The quantitative estimate of drug-likeness (QED) is 0.510. The first-order valence-electron chi connectivity index (χ1n) is 9.92. The van der Waals surface area contributed by atoms with Gasteiger partial charge < -0.3 is 13.9 Å². The number of anilines is 1. The van der Waals surface area contributed by atoms with Crippen LogP contribution in [0.1, 0.15) is 29.9 Å². The maximum absolute atomic E-state index is 12.8. The van der Waals surface area contributed by atoms with E-state index in [1.165, 1.54) is 10.9 Å². The third kappa shape index (κ3) is 2.72. The minimum atomic E-state index is -0.230. The van der Waals surface area contributed by atoms with Gasteiger partial charge in [0.1, 0.15) is 17.2 Å². The van der Waals surface area contributed by atoms with Gasteiger partial charge in [0.25, 0.3) is 5.56 Å². The molecule has 0 atom stereocenters. The highest BCUT2D eigenvalue weighted by Gasteiger charge is 2.26. The Bertz CT molecular complexity index is 1320. The lowest BCUT2D eigenvalue weighted by atomic mass is 9.87. The van der Waals surface area contributed by atoms with Crippen LogP contribution in [0.2, 0.25) is 0 Å². The van der Waals surface area contributed by atoms with Gasteiger partial charge in [0.15, 0.2) is 0 Å². The molecule has 4 aromatic rings. The Balaban J connectivity index is 1.53. The van der Waals surface area contributed by atoms with E-state index >= 15 is 0 Å². The van der Waals surface area contributed by atoms with Gasteiger partial charge in [0.05, 0.1) is 17.5 Å². The van der Waals surface area contributed by atoms with Crippen molar-refractivity contribution in [2.45, 2.75) is 18.8 Å². The zero-order valence-electron chi connectivity index (χ0n) is 16.3. The minimum Gasteiger partial charge on any atom is -0.464 e. The average Bonchev–Trinajstić information content (AvgIpc) is 3.25. The molecule has 2 aromatic heterocycles. The summed E-state index contributed by atoms with van der Waals surface area (Å²) in [5.41, 5.74) is 3.90. The van der Waals surface area contributed by atoms with Crippen molar-refractivity contribution < 1.29 is 4.42 Å². The number of piperidine rings is 1. The number of aromatic nitrogens is 1. The lowest BCUT2D eigenvalue weighted by Gasteiger charge is -2.35. The molecule has 0 unspecified atom stereocenters. The normalized spacial score (nSPS) is 15.1. The van der Waals surface area contributed by atoms with Gasteiger partial charge in [-0.25, -0.2) is 0 Å². The van der Waals surface area contributed by atoms with Crippen molar-refractivity contribution in [3.8, 4) is 6.07 Å². The highest BCUT2D eigenvalue weighted by Crippen LogP contribution is 2.37. The second-order valence-electron chi connectivity index (χ2n) is 7.66. The molecule has 0 radical (unpaired) electrons. The van der Waals surface area contributed by atoms with Crippen LogP contribution in [-0.4, -0.2) is 17.7 Å². The van der Waals surface area contributed by atoms with Crippen LogP contribution in [0.15, 0.2) is 64.0 Å². The van der Waals surface area contributed by atoms with E-state index in [4.69, 9.17) is 4.42 Å². The van der Waals surface area contributed by atoms with Crippen LogP contribution < -0.4 is 10.5 Å². The summed E-state index contributed by atoms with van der Waals surface area (Å²) in [6, 6.07) is 18.3. The fourth-order valence-electron chi connectivity index (χ4n) is 4.70. The van der Waals surface area contributed by atoms with Gasteiger partial charge in [0.2, 0.25) is 0 Å². The van der Waals surface area contributed by atoms with Gasteiger partial charge in [0, 0.05) is 30.9 Å². The number of furan rings is 1. The van der Waals surface area contributed by atoms with Gasteiger partial charge in [-0.2, -0.15) is 5.26 Å². The van der Waals surface area contributed by atoms with Crippen molar-refractivity contribution >= 4 is 27.6 Å². The molecule has 29 heavy (non-hydrogen) atoms. The molecule has 0 spiro atoms. The summed E-state index contributed by atoms with van der Waals surface area (Å²) in [6.45, 7) is 1.62. The van der Waals surface area contributed by atoms with Crippen molar-refractivity contribution in [2.75, 3.05) is 18.0 Å². The van der Waals surface area contributed by atoms with E-state index in [1.807, 2.05) is 36.4 Å². The Hall–Kier alpha value is -3.52. The number of hydrogen-bond donors (Lipinski definition) is 0. The Labute approximate surface area is 168 Å². The second-order valence-corrected chi connectivity index (χ2v) is 7.66. The van der Waals surface area contributed by atoms with Crippen LogP contribution in [0.3, 0.4) is 0 Å². The van der Waals surface area contributed by atoms with Crippen molar-refractivity contribution in [2.24, 2.45) is 7.05 Å². The number of benzene rings is 2. The Kier molecular flexibility index (Phi) is 4.13. The molecule has 5 rings (SSSR count). The predicted octanol–water partition coefficient (Wildman–Crippen LogP) is 4.54. The minimum absolute atomic E-state index is 0.230. The summed E-state index contributed by atoms with van der Waals surface area (Å²) in [6.07, 6.45) is 3.69. The molecule has 1 aliphatic heterocycles. The van der Waals surface area contributed by atoms with E-state index in [1.54, 1.807) is 17.9 Å². The number of para-hydroxylation sites is 1. The van der Waals surface area contributed by atoms with E-state index in [9.17, 15) is 10.1 Å². The highest BCUT2D eigenvalue weighted by molar-refractivity contribution is 5.95. The van der Waals surface area contributed by atoms with Gasteiger partial charge >= 0.3 is 0 Å². The van der Waals surface area contributed by atoms with Crippen molar-refractivity contribution in [3.05, 3.63) is 76.3 Å². The molecule has 0 aliphatic carbocycles. The largest absolute Gasteiger partial charge is 0.464 e. The van der Waals surface area contributed by atoms with Gasteiger partial charge in [-0.3, -0.25) is 4.79 Å². The third-order valence-electron chi connectivity index (χ3n) is 6.17. The summed E-state index contributed by atoms with van der Waals surface area (Å²) >= 11 is 0. The van der Waals surface area contributed by atoms with E-state index in [0.717, 1.165) is 48.1 Å². The molecule has 0 saturated carbocycles. The van der Waals surface area contributed by atoms with Crippen LogP contribution in [-0.2, 0) is 7.05 Å². The number of hydrogen-bond acceptors (Lipinski definition) is 4. The highest BCUT2D eigenvalue weighted by atomic mass is 16.3. The lowest BCUT2D eigenvalue weighted by Crippen LogP contribution is -2.35. The van der Waals surface area contributed by atoms with E-state index < -0.39 is 0 Å². The first-order chi connectivity index (χ1) is 14.2. The maximum atomic E-state index is 12.8. The van der Waals surface area contributed by atoms with E-state index in [2.05, 4.69) is 23.1 Å². The van der Waals surface area contributed by atoms with Crippen molar-refractivity contribution in [1.82, 2.24) is 4.57 Å². The van der Waals surface area contributed by atoms with Crippen molar-refractivity contribution in [3.63, 3.8) is 0 Å².